The Bertz CT molecular complexity index is 398. The van der Waals surface area contributed by atoms with E-state index < -0.39 is 23.7 Å². The van der Waals surface area contributed by atoms with Gasteiger partial charge in [-0.1, -0.05) is 11.6 Å². The zero-order valence-electron chi connectivity index (χ0n) is 7.38. The van der Waals surface area contributed by atoms with E-state index >= 15 is 0 Å². The molecule has 0 amide bonds. The van der Waals surface area contributed by atoms with Crippen molar-refractivity contribution in [1.29, 1.82) is 0 Å². The second kappa shape index (κ2) is 4.50. The smallest absolute Gasteiger partial charge is 0.338 e. The summed E-state index contributed by atoms with van der Waals surface area (Å²) in [5.41, 5.74) is 3.78. The molecule has 0 aliphatic rings. The number of aromatic carboxylic acids is 1. The van der Waals surface area contributed by atoms with Gasteiger partial charge in [-0.05, 0) is 0 Å². The average Bonchev–Trinajstić information content (AvgIpc) is 2.16. The molecule has 7 heteroatoms. The van der Waals surface area contributed by atoms with Gasteiger partial charge in [-0.25, -0.2) is 13.6 Å². The zero-order chi connectivity index (χ0) is 11.6. The van der Waals surface area contributed by atoms with Crippen molar-refractivity contribution in [3.63, 3.8) is 0 Å². The molecule has 1 aromatic heterocycles. The first-order valence-electron chi connectivity index (χ1n) is 3.87. The second-order valence-corrected chi connectivity index (χ2v) is 3.06. The maximum Gasteiger partial charge on any atom is 0.338 e. The summed E-state index contributed by atoms with van der Waals surface area (Å²) >= 11 is 5.60. The van der Waals surface area contributed by atoms with Crippen LogP contribution in [-0.2, 0) is 6.54 Å². The van der Waals surface area contributed by atoms with E-state index in [0.29, 0.717) is 0 Å². The van der Waals surface area contributed by atoms with Crippen molar-refractivity contribution in [2.75, 3.05) is 0 Å². The van der Waals surface area contributed by atoms with Gasteiger partial charge in [0, 0.05) is 18.3 Å². The van der Waals surface area contributed by atoms with Crippen LogP contribution in [0.25, 0.3) is 0 Å². The van der Waals surface area contributed by atoms with Gasteiger partial charge in [-0.15, -0.1) is 0 Å². The quantitative estimate of drug-likeness (QED) is 0.839. The molecule has 1 rings (SSSR count). The van der Waals surface area contributed by atoms with Crippen molar-refractivity contribution in [3.05, 3.63) is 28.0 Å². The lowest BCUT2D eigenvalue weighted by molar-refractivity contribution is 0.0681. The molecule has 82 valence electrons. The predicted octanol–water partition coefficient (Wildman–Crippen LogP) is 1.83. The zero-order valence-corrected chi connectivity index (χ0v) is 8.13. The fourth-order valence-corrected chi connectivity index (χ4v) is 1.37. The van der Waals surface area contributed by atoms with Crippen molar-refractivity contribution in [3.8, 4) is 0 Å². The summed E-state index contributed by atoms with van der Waals surface area (Å²) in [6.45, 7) is -0.233. The van der Waals surface area contributed by atoms with Gasteiger partial charge in [0.2, 0.25) is 0 Å². The molecule has 0 saturated heterocycles. The van der Waals surface area contributed by atoms with E-state index in [2.05, 4.69) is 4.98 Å². The highest BCUT2D eigenvalue weighted by Gasteiger charge is 2.24. The van der Waals surface area contributed by atoms with Crippen LogP contribution in [-0.4, -0.2) is 16.1 Å². The summed E-state index contributed by atoms with van der Waals surface area (Å²) in [5, 5.41) is 8.73. The van der Waals surface area contributed by atoms with Gasteiger partial charge in [-0.3, -0.25) is 4.98 Å². The van der Waals surface area contributed by atoms with E-state index in [1.807, 2.05) is 0 Å². The third kappa shape index (κ3) is 2.21. The molecule has 0 radical (unpaired) electrons. The molecule has 0 atom stereocenters. The van der Waals surface area contributed by atoms with Crippen LogP contribution in [0.1, 0.15) is 28.0 Å². The minimum atomic E-state index is -2.97. The van der Waals surface area contributed by atoms with E-state index in [1.165, 1.54) is 0 Å². The molecular formula is C8H7ClF2N2O2. The van der Waals surface area contributed by atoms with E-state index in [4.69, 9.17) is 22.4 Å². The molecule has 1 aromatic rings. The van der Waals surface area contributed by atoms with Crippen molar-refractivity contribution in [2.45, 2.75) is 13.0 Å². The molecule has 0 aliphatic carbocycles. The van der Waals surface area contributed by atoms with Gasteiger partial charge in [-0.2, -0.15) is 0 Å². The molecule has 4 nitrogen and oxygen atoms in total. The Labute approximate surface area is 88.7 Å². The lowest BCUT2D eigenvalue weighted by atomic mass is 10.1. The fourth-order valence-electron chi connectivity index (χ4n) is 1.15. The topological polar surface area (TPSA) is 76.2 Å². The van der Waals surface area contributed by atoms with Gasteiger partial charge < -0.3 is 10.8 Å². The van der Waals surface area contributed by atoms with Crippen LogP contribution >= 0.6 is 11.6 Å². The molecule has 0 saturated carbocycles. The fraction of sp³-hybridized carbons (Fsp3) is 0.250. The number of aromatic nitrogens is 1. The van der Waals surface area contributed by atoms with E-state index in [1.54, 1.807) is 0 Å². The van der Waals surface area contributed by atoms with Crippen LogP contribution in [0.15, 0.2) is 6.20 Å². The SMILES string of the molecule is NCc1c(Cl)cnc(C(F)F)c1C(=O)O. The Morgan fingerprint density at radius 2 is 2.27 bits per heavy atom. The highest BCUT2D eigenvalue weighted by molar-refractivity contribution is 6.31. The third-order valence-electron chi connectivity index (χ3n) is 1.79. The monoisotopic (exact) mass is 236 g/mol. The van der Waals surface area contributed by atoms with Crippen molar-refractivity contribution in [1.82, 2.24) is 4.98 Å². The van der Waals surface area contributed by atoms with Crippen LogP contribution in [0.4, 0.5) is 8.78 Å². The molecule has 0 spiro atoms. The lowest BCUT2D eigenvalue weighted by Gasteiger charge is -2.09. The number of halogens is 3. The summed E-state index contributed by atoms with van der Waals surface area (Å²) in [6.07, 6.45) is -2.00. The molecule has 0 bridgehead atoms. The molecule has 0 fully saturated rings. The number of hydrogen-bond acceptors (Lipinski definition) is 3. The highest BCUT2D eigenvalue weighted by atomic mass is 35.5. The minimum absolute atomic E-state index is 0.0284. The van der Waals surface area contributed by atoms with Gasteiger partial charge in [0.15, 0.2) is 0 Å². The average molecular weight is 237 g/mol. The van der Waals surface area contributed by atoms with E-state index in [-0.39, 0.29) is 17.1 Å². The molecule has 3 N–H and O–H groups in total. The Balaban J connectivity index is 3.49. The van der Waals surface area contributed by atoms with Gasteiger partial charge in [0.25, 0.3) is 6.43 Å². The number of carbonyl (C=O) groups is 1. The largest absolute Gasteiger partial charge is 0.478 e. The summed E-state index contributed by atoms with van der Waals surface area (Å²) in [5.74, 6) is -1.51. The summed E-state index contributed by atoms with van der Waals surface area (Å²) in [6, 6.07) is 0. The van der Waals surface area contributed by atoms with Gasteiger partial charge in [0.05, 0.1) is 10.6 Å². The maximum absolute atomic E-state index is 12.4. The first kappa shape index (κ1) is 11.8. The Hall–Kier alpha value is -1.27. The Morgan fingerprint density at radius 3 is 2.67 bits per heavy atom. The van der Waals surface area contributed by atoms with Gasteiger partial charge >= 0.3 is 5.97 Å². The number of nitrogens with two attached hydrogens (primary N) is 1. The predicted molar refractivity (Wildman–Crippen MR) is 49.1 cm³/mol. The molecule has 0 aliphatic heterocycles. The molecule has 0 aromatic carbocycles. The minimum Gasteiger partial charge on any atom is -0.478 e. The second-order valence-electron chi connectivity index (χ2n) is 2.65. The first-order chi connectivity index (χ1) is 6.99. The molecule has 15 heavy (non-hydrogen) atoms. The summed E-state index contributed by atoms with van der Waals surface area (Å²) < 4.78 is 24.9. The number of nitrogens with zero attached hydrogens (tertiary/aromatic N) is 1. The van der Waals surface area contributed by atoms with Crippen LogP contribution in [0, 0.1) is 0 Å². The first-order valence-corrected chi connectivity index (χ1v) is 4.25. The third-order valence-corrected chi connectivity index (χ3v) is 2.11. The number of hydrogen-bond donors (Lipinski definition) is 2. The Kier molecular flexibility index (Phi) is 3.54. The standard InChI is InChI=1S/C8H7ClF2N2O2/c9-4-2-13-6(7(10)11)5(8(14)15)3(4)1-12/h2,7H,1,12H2,(H,14,15). The molecular weight excluding hydrogens is 230 g/mol. The molecule has 0 unspecified atom stereocenters. The molecule has 1 heterocycles. The van der Waals surface area contributed by atoms with Gasteiger partial charge in [0.1, 0.15) is 5.69 Å². The van der Waals surface area contributed by atoms with Crippen LogP contribution < -0.4 is 5.73 Å². The summed E-state index contributed by atoms with van der Waals surface area (Å²) in [7, 11) is 0. The highest BCUT2D eigenvalue weighted by Crippen LogP contribution is 2.27. The van der Waals surface area contributed by atoms with Crippen LogP contribution in [0.2, 0.25) is 5.02 Å². The number of rotatable bonds is 3. The van der Waals surface area contributed by atoms with Crippen LogP contribution in [0.3, 0.4) is 0 Å². The number of alkyl halides is 2. The van der Waals surface area contributed by atoms with Crippen molar-refractivity contribution in [2.24, 2.45) is 5.73 Å². The van der Waals surface area contributed by atoms with Crippen molar-refractivity contribution < 1.29 is 18.7 Å². The lowest BCUT2D eigenvalue weighted by Crippen LogP contribution is -2.13. The van der Waals surface area contributed by atoms with E-state index in [9.17, 15) is 13.6 Å². The van der Waals surface area contributed by atoms with Crippen LogP contribution in [0.5, 0.6) is 0 Å². The number of pyridine rings is 1. The maximum atomic E-state index is 12.4. The number of carboxylic acids is 1. The van der Waals surface area contributed by atoms with Crippen molar-refractivity contribution >= 4 is 17.6 Å². The number of carboxylic acid groups (broad SMARTS) is 1. The summed E-state index contributed by atoms with van der Waals surface area (Å²) in [4.78, 5) is 14.1. The van der Waals surface area contributed by atoms with E-state index in [0.717, 1.165) is 6.20 Å². The Morgan fingerprint density at radius 1 is 1.67 bits per heavy atom. The normalized spacial score (nSPS) is 10.7.